The van der Waals surface area contributed by atoms with E-state index in [0.717, 1.165) is 31.4 Å². The lowest BCUT2D eigenvalue weighted by Gasteiger charge is -2.37. The molecule has 94 valence electrons. The largest absolute Gasteiger partial charge is 0.296 e. The summed E-state index contributed by atoms with van der Waals surface area (Å²) in [5, 5.41) is 0. The third-order valence-corrected chi connectivity index (χ3v) is 4.21. The molecule has 1 aromatic rings. The molecule has 0 aromatic heterocycles. The van der Waals surface area contributed by atoms with E-state index in [0.29, 0.717) is 0 Å². The van der Waals surface area contributed by atoms with Gasteiger partial charge in [0.2, 0.25) is 0 Å². The van der Waals surface area contributed by atoms with Crippen molar-refractivity contribution in [1.29, 1.82) is 0 Å². The van der Waals surface area contributed by atoms with Crippen LogP contribution in [0.25, 0.3) is 0 Å². The van der Waals surface area contributed by atoms with Crippen molar-refractivity contribution >= 4 is 27.5 Å². The van der Waals surface area contributed by atoms with Gasteiger partial charge in [0.1, 0.15) is 0 Å². The normalized spacial score (nSPS) is 16.2. The molecule has 17 heavy (non-hydrogen) atoms. The quantitative estimate of drug-likeness (QED) is 0.702. The van der Waals surface area contributed by atoms with Gasteiger partial charge in [-0.15, -0.1) is 11.6 Å². The summed E-state index contributed by atoms with van der Waals surface area (Å²) in [4.78, 5) is 2.59. The maximum Gasteiger partial charge on any atom is 0.0237 e. The maximum atomic E-state index is 5.81. The van der Waals surface area contributed by atoms with Gasteiger partial charge < -0.3 is 0 Å². The molecule has 0 heterocycles. The SMILES string of the molecule is ClCCCN(Cc1cccc(Br)c1)C1CCC1. The van der Waals surface area contributed by atoms with Crippen LogP contribution in [0.5, 0.6) is 0 Å². The van der Waals surface area contributed by atoms with Crippen LogP contribution in [-0.4, -0.2) is 23.4 Å². The summed E-state index contributed by atoms with van der Waals surface area (Å²) in [6, 6.07) is 9.40. The summed E-state index contributed by atoms with van der Waals surface area (Å²) in [5.41, 5.74) is 1.39. The predicted octanol–water partition coefficient (Wildman–Crippen LogP) is 4.43. The third-order valence-electron chi connectivity index (χ3n) is 3.44. The van der Waals surface area contributed by atoms with Crippen molar-refractivity contribution < 1.29 is 0 Å². The second-order valence-electron chi connectivity index (χ2n) is 4.73. The number of nitrogens with zero attached hydrogens (tertiary/aromatic N) is 1. The fourth-order valence-corrected chi connectivity index (χ4v) is 2.84. The number of rotatable bonds is 6. The summed E-state index contributed by atoms with van der Waals surface area (Å²) in [7, 11) is 0. The lowest BCUT2D eigenvalue weighted by Crippen LogP contribution is -2.40. The molecule has 0 aliphatic heterocycles. The van der Waals surface area contributed by atoms with E-state index in [1.54, 1.807) is 0 Å². The van der Waals surface area contributed by atoms with Crippen molar-refractivity contribution in [2.45, 2.75) is 38.3 Å². The van der Waals surface area contributed by atoms with E-state index in [1.807, 2.05) is 0 Å². The van der Waals surface area contributed by atoms with E-state index in [4.69, 9.17) is 11.6 Å². The zero-order valence-electron chi connectivity index (χ0n) is 10.0. The monoisotopic (exact) mass is 315 g/mol. The molecule has 0 atom stereocenters. The molecule has 1 saturated carbocycles. The minimum atomic E-state index is 0.766. The first-order valence-corrected chi connectivity index (χ1v) is 7.67. The van der Waals surface area contributed by atoms with Crippen molar-refractivity contribution in [3.05, 3.63) is 34.3 Å². The van der Waals surface area contributed by atoms with E-state index >= 15 is 0 Å². The zero-order chi connectivity index (χ0) is 12.1. The molecule has 0 N–H and O–H groups in total. The minimum absolute atomic E-state index is 0.766. The molecule has 1 nitrogen and oxygen atoms in total. The van der Waals surface area contributed by atoms with E-state index in [1.165, 1.54) is 29.3 Å². The van der Waals surface area contributed by atoms with Crippen LogP contribution in [0.1, 0.15) is 31.2 Å². The molecule has 0 bridgehead atoms. The highest BCUT2D eigenvalue weighted by Gasteiger charge is 2.24. The first kappa shape index (κ1) is 13.4. The average Bonchev–Trinajstić information content (AvgIpc) is 2.23. The van der Waals surface area contributed by atoms with Gasteiger partial charge in [0.25, 0.3) is 0 Å². The lowest BCUT2D eigenvalue weighted by molar-refractivity contribution is 0.120. The second-order valence-corrected chi connectivity index (χ2v) is 6.02. The van der Waals surface area contributed by atoms with Gasteiger partial charge in [-0.05, 0) is 43.5 Å². The van der Waals surface area contributed by atoms with Crippen LogP contribution in [-0.2, 0) is 6.54 Å². The third kappa shape index (κ3) is 3.97. The Bertz CT molecular complexity index is 352. The highest BCUT2D eigenvalue weighted by atomic mass is 79.9. The van der Waals surface area contributed by atoms with Crippen LogP contribution >= 0.6 is 27.5 Å². The van der Waals surface area contributed by atoms with Crippen LogP contribution in [0.15, 0.2) is 28.7 Å². The Hall–Kier alpha value is -0.0500. The smallest absolute Gasteiger partial charge is 0.0237 e. The van der Waals surface area contributed by atoms with Gasteiger partial charge in [-0.25, -0.2) is 0 Å². The molecular formula is C14H19BrClN. The van der Waals surface area contributed by atoms with Gasteiger partial charge in [0, 0.05) is 22.9 Å². The topological polar surface area (TPSA) is 3.24 Å². The second kappa shape index (κ2) is 6.77. The molecular weight excluding hydrogens is 298 g/mol. The molecule has 3 heteroatoms. The Balaban J connectivity index is 1.95. The van der Waals surface area contributed by atoms with Gasteiger partial charge in [0.05, 0.1) is 0 Å². The highest BCUT2D eigenvalue weighted by molar-refractivity contribution is 9.10. The fraction of sp³-hybridized carbons (Fsp3) is 0.571. The zero-order valence-corrected chi connectivity index (χ0v) is 12.4. The Kier molecular flexibility index (Phi) is 5.33. The highest BCUT2D eigenvalue weighted by Crippen LogP contribution is 2.26. The summed E-state index contributed by atoms with van der Waals surface area (Å²) in [6.45, 7) is 2.18. The van der Waals surface area contributed by atoms with Gasteiger partial charge in [-0.1, -0.05) is 34.5 Å². The van der Waals surface area contributed by atoms with Crippen molar-refractivity contribution in [3.63, 3.8) is 0 Å². The van der Waals surface area contributed by atoms with Gasteiger partial charge in [-0.2, -0.15) is 0 Å². The average molecular weight is 317 g/mol. The van der Waals surface area contributed by atoms with Crippen molar-refractivity contribution in [3.8, 4) is 0 Å². The van der Waals surface area contributed by atoms with E-state index in [2.05, 4.69) is 45.1 Å². The van der Waals surface area contributed by atoms with E-state index < -0.39 is 0 Å². The molecule has 0 spiro atoms. The summed E-state index contributed by atoms with van der Waals surface area (Å²) in [6.07, 6.45) is 5.19. The molecule has 0 radical (unpaired) electrons. The number of hydrogen-bond donors (Lipinski definition) is 0. The molecule has 0 amide bonds. The lowest BCUT2D eigenvalue weighted by atomic mass is 9.91. The van der Waals surface area contributed by atoms with Crippen LogP contribution in [0, 0.1) is 0 Å². The van der Waals surface area contributed by atoms with Crippen LogP contribution < -0.4 is 0 Å². The summed E-state index contributed by atoms with van der Waals surface area (Å²) >= 11 is 9.34. The van der Waals surface area contributed by atoms with Crippen LogP contribution in [0.2, 0.25) is 0 Å². The molecule has 0 unspecified atom stereocenters. The molecule has 1 aromatic carbocycles. The van der Waals surface area contributed by atoms with E-state index in [-0.39, 0.29) is 0 Å². The Morgan fingerprint density at radius 3 is 2.76 bits per heavy atom. The standard InChI is InChI=1S/C14H19BrClN/c15-13-5-1-4-12(10-13)11-17(9-3-8-16)14-6-2-7-14/h1,4-5,10,14H,2-3,6-9,11H2. The minimum Gasteiger partial charge on any atom is -0.296 e. The number of halogens is 2. The van der Waals surface area contributed by atoms with E-state index in [9.17, 15) is 0 Å². The number of alkyl halides is 1. The van der Waals surface area contributed by atoms with Crippen LogP contribution in [0.4, 0.5) is 0 Å². The van der Waals surface area contributed by atoms with Crippen molar-refractivity contribution in [2.75, 3.05) is 12.4 Å². The Morgan fingerprint density at radius 2 is 2.18 bits per heavy atom. The first-order valence-electron chi connectivity index (χ1n) is 6.34. The molecule has 1 fully saturated rings. The van der Waals surface area contributed by atoms with Crippen molar-refractivity contribution in [1.82, 2.24) is 4.90 Å². The van der Waals surface area contributed by atoms with Gasteiger partial charge >= 0.3 is 0 Å². The maximum absolute atomic E-state index is 5.81. The molecule has 2 rings (SSSR count). The fourth-order valence-electron chi connectivity index (χ4n) is 2.28. The Labute approximate surface area is 117 Å². The van der Waals surface area contributed by atoms with Gasteiger partial charge in [-0.3, -0.25) is 4.90 Å². The van der Waals surface area contributed by atoms with Crippen molar-refractivity contribution in [2.24, 2.45) is 0 Å². The molecule has 1 aliphatic rings. The first-order chi connectivity index (χ1) is 8.29. The number of hydrogen-bond acceptors (Lipinski definition) is 1. The predicted molar refractivity (Wildman–Crippen MR) is 77.5 cm³/mol. The molecule has 1 aliphatic carbocycles. The van der Waals surface area contributed by atoms with Gasteiger partial charge in [0.15, 0.2) is 0 Å². The summed E-state index contributed by atoms with van der Waals surface area (Å²) in [5.74, 6) is 0.766. The number of benzene rings is 1. The van der Waals surface area contributed by atoms with Crippen LogP contribution in [0.3, 0.4) is 0 Å². The summed E-state index contributed by atoms with van der Waals surface area (Å²) < 4.78 is 1.17. The molecule has 0 saturated heterocycles. The Morgan fingerprint density at radius 1 is 1.35 bits per heavy atom.